The summed E-state index contributed by atoms with van der Waals surface area (Å²) in [6, 6.07) is 2.17. The van der Waals surface area contributed by atoms with Crippen LogP contribution in [0.15, 0.2) is 17.6 Å². The van der Waals surface area contributed by atoms with Gasteiger partial charge in [0.05, 0.1) is 5.69 Å². The lowest BCUT2D eigenvalue weighted by atomic mass is 10.2. The molecule has 0 amide bonds. The van der Waals surface area contributed by atoms with Gasteiger partial charge in [-0.1, -0.05) is 5.21 Å². The van der Waals surface area contributed by atoms with Gasteiger partial charge in [0.15, 0.2) is 0 Å². The van der Waals surface area contributed by atoms with Gasteiger partial charge in [0, 0.05) is 17.6 Å². The van der Waals surface area contributed by atoms with E-state index >= 15 is 0 Å². The lowest BCUT2D eigenvalue weighted by Crippen LogP contribution is -1.93. The first-order chi connectivity index (χ1) is 7.29. The Morgan fingerprint density at radius 2 is 2.27 bits per heavy atom. The quantitative estimate of drug-likeness (QED) is 0.794. The zero-order valence-corrected chi connectivity index (χ0v) is 9.92. The molecule has 0 saturated heterocycles. The van der Waals surface area contributed by atoms with Crippen molar-refractivity contribution in [3.63, 3.8) is 0 Å². The molecule has 2 aromatic rings. The van der Waals surface area contributed by atoms with E-state index in [1.165, 1.54) is 10.4 Å². The van der Waals surface area contributed by atoms with Crippen LogP contribution in [0.3, 0.4) is 0 Å². The van der Waals surface area contributed by atoms with E-state index in [9.17, 15) is 0 Å². The average molecular weight is 221 g/mol. The highest BCUT2D eigenvalue weighted by atomic mass is 32.1. The molecule has 0 saturated carbocycles. The normalized spacial score (nSPS) is 10.8. The Morgan fingerprint density at radius 1 is 1.40 bits per heavy atom. The van der Waals surface area contributed by atoms with Crippen LogP contribution in [0.4, 0.5) is 0 Å². The van der Waals surface area contributed by atoms with Crippen molar-refractivity contribution in [2.24, 2.45) is 0 Å². The van der Waals surface area contributed by atoms with Gasteiger partial charge >= 0.3 is 0 Å². The van der Waals surface area contributed by atoms with Crippen LogP contribution in [-0.2, 0) is 19.4 Å². The van der Waals surface area contributed by atoms with Gasteiger partial charge in [0.25, 0.3) is 0 Å². The second-order valence-electron chi connectivity index (χ2n) is 3.59. The highest BCUT2D eigenvalue weighted by molar-refractivity contribution is 7.10. The maximum absolute atomic E-state index is 4.13. The van der Waals surface area contributed by atoms with E-state index in [0.717, 1.165) is 25.1 Å². The fraction of sp³-hybridized carbons (Fsp3) is 0.455. The van der Waals surface area contributed by atoms with E-state index in [4.69, 9.17) is 0 Å². The fourth-order valence-corrected chi connectivity index (χ4v) is 2.42. The Morgan fingerprint density at radius 3 is 2.87 bits per heavy atom. The van der Waals surface area contributed by atoms with Crippen molar-refractivity contribution in [1.29, 1.82) is 0 Å². The summed E-state index contributed by atoms with van der Waals surface area (Å²) in [4.78, 5) is 1.46. The van der Waals surface area contributed by atoms with Gasteiger partial charge in [-0.3, -0.25) is 4.68 Å². The molecule has 2 heterocycles. The topological polar surface area (TPSA) is 30.7 Å². The first-order valence-corrected chi connectivity index (χ1v) is 6.09. The SMILES string of the molecule is CCn1cc(CCc2sccc2C)nn1. The monoisotopic (exact) mass is 221 g/mol. The molecule has 0 bridgehead atoms. The fourth-order valence-electron chi connectivity index (χ4n) is 1.51. The minimum atomic E-state index is 0.894. The third-order valence-electron chi connectivity index (χ3n) is 2.49. The standard InChI is InChI=1S/C11H15N3S/c1-3-14-8-10(12-13-14)4-5-11-9(2)6-7-15-11/h6-8H,3-5H2,1-2H3. The van der Waals surface area contributed by atoms with Crippen LogP contribution in [0.5, 0.6) is 0 Å². The summed E-state index contributed by atoms with van der Waals surface area (Å²) in [5.74, 6) is 0. The molecule has 0 aliphatic heterocycles. The molecule has 2 aromatic heterocycles. The van der Waals surface area contributed by atoms with Gasteiger partial charge < -0.3 is 0 Å². The van der Waals surface area contributed by atoms with E-state index in [1.807, 2.05) is 22.2 Å². The highest BCUT2D eigenvalue weighted by Crippen LogP contribution is 2.17. The summed E-state index contributed by atoms with van der Waals surface area (Å²) in [5.41, 5.74) is 2.48. The van der Waals surface area contributed by atoms with Crippen LogP contribution in [0, 0.1) is 6.92 Å². The smallest absolute Gasteiger partial charge is 0.0830 e. The molecular weight excluding hydrogens is 206 g/mol. The maximum Gasteiger partial charge on any atom is 0.0830 e. The molecule has 0 N–H and O–H groups in total. The molecule has 0 aliphatic rings. The Bertz CT molecular complexity index is 430. The first kappa shape index (κ1) is 10.4. The van der Waals surface area contributed by atoms with Gasteiger partial charge in [-0.15, -0.1) is 16.4 Å². The minimum absolute atomic E-state index is 0.894. The Labute approximate surface area is 93.7 Å². The number of aryl methyl sites for hydroxylation is 4. The summed E-state index contributed by atoms with van der Waals surface area (Å²) in [5, 5.41) is 10.3. The molecule has 0 radical (unpaired) electrons. The summed E-state index contributed by atoms with van der Waals surface area (Å²) in [6.07, 6.45) is 4.09. The van der Waals surface area contributed by atoms with E-state index in [-0.39, 0.29) is 0 Å². The summed E-state index contributed by atoms with van der Waals surface area (Å²) < 4.78 is 1.87. The van der Waals surface area contributed by atoms with Crippen molar-refractivity contribution < 1.29 is 0 Å². The van der Waals surface area contributed by atoms with E-state index in [0.29, 0.717) is 0 Å². The lowest BCUT2D eigenvalue weighted by Gasteiger charge is -1.96. The zero-order chi connectivity index (χ0) is 10.7. The van der Waals surface area contributed by atoms with Crippen LogP contribution in [0.2, 0.25) is 0 Å². The number of thiophene rings is 1. The molecule has 3 nitrogen and oxygen atoms in total. The molecule has 0 aliphatic carbocycles. The van der Waals surface area contributed by atoms with Gasteiger partial charge in [0.1, 0.15) is 0 Å². The molecular formula is C11H15N3S. The second kappa shape index (κ2) is 4.57. The predicted molar refractivity (Wildman–Crippen MR) is 62.2 cm³/mol. The molecule has 0 fully saturated rings. The zero-order valence-electron chi connectivity index (χ0n) is 9.10. The second-order valence-corrected chi connectivity index (χ2v) is 4.59. The molecule has 0 unspecified atom stereocenters. The highest BCUT2D eigenvalue weighted by Gasteiger charge is 2.03. The molecule has 0 atom stereocenters. The molecule has 4 heteroatoms. The van der Waals surface area contributed by atoms with E-state index in [1.54, 1.807) is 0 Å². The van der Waals surface area contributed by atoms with Gasteiger partial charge in [-0.25, -0.2) is 0 Å². The van der Waals surface area contributed by atoms with E-state index < -0.39 is 0 Å². The van der Waals surface area contributed by atoms with Crippen LogP contribution in [0.25, 0.3) is 0 Å². The Balaban J connectivity index is 1.96. The van der Waals surface area contributed by atoms with Crippen LogP contribution < -0.4 is 0 Å². The van der Waals surface area contributed by atoms with Crippen LogP contribution in [-0.4, -0.2) is 15.0 Å². The number of hydrogen-bond donors (Lipinski definition) is 0. The van der Waals surface area contributed by atoms with Crippen molar-refractivity contribution in [2.75, 3.05) is 0 Å². The average Bonchev–Trinajstić information content (AvgIpc) is 2.84. The van der Waals surface area contributed by atoms with Crippen LogP contribution in [0.1, 0.15) is 23.1 Å². The first-order valence-electron chi connectivity index (χ1n) is 5.21. The van der Waals surface area contributed by atoms with Crippen molar-refractivity contribution in [3.05, 3.63) is 33.8 Å². The van der Waals surface area contributed by atoms with Gasteiger partial charge in [0.2, 0.25) is 0 Å². The molecule has 0 spiro atoms. The Hall–Kier alpha value is -1.16. The van der Waals surface area contributed by atoms with Gasteiger partial charge in [-0.2, -0.15) is 0 Å². The number of nitrogens with zero attached hydrogens (tertiary/aromatic N) is 3. The summed E-state index contributed by atoms with van der Waals surface area (Å²) in [7, 11) is 0. The summed E-state index contributed by atoms with van der Waals surface area (Å²) in [6.45, 7) is 5.13. The largest absolute Gasteiger partial charge is 0.253 e. The summed E-state index contributed by atoms with van der Waals surface area (Å²) >= 11 is 1.83. The molecule has 80 valence electrons. The predicted octanol–water partition coefficient (Wildman–Crippen LogP) is 2.45. The third kappa shape index (κ3) is 2.45. The number of hydrogen-bond acceptors (Lipinski definition) is 3. The van der Waals surface area contributed by atoms with Crippen molar-refractivity contribution in [2.45, 2.75) is 33.2 Å². The molecule has 0 aromatic carbocycles. The third-order valence-corrected chi connectivity index (χ3v) is 3.57. The Kier molecular flexibility index (Phi) is 3.16. The van der Waals surface area contributed by atoms with Crippen molar-refractivity contribution >= 4 is 11.3 Å². The van der Waals surface area contributed by atoms with Crippen molar-refractivity contribution in [3.8, 4) is 0 Å². The lowest BCUT2D eigenvalue weighted by molar-refractivity contribution is 0.626. The number of rotatable bonds is 4. The molecule has 15 heavy (non-hydrogen) atoms. The maximum atomic E-state index is 4.13. The minimum Gasteiger partial charge on any atom is -0.253 e. The van der Waals surface area contributed by atoms with Gasteiger partial charge in [-0.05, 0) is 43.7 Å². The van der Waals surface area contributed by atoms with Crippen LogP contribution >= 0.6 is 11.3 Å². The number of aromatic nitrogens is 3. The molecule has 2 rings (SSSR count). The van der Waals surface area contributed by atoms with Crippen molar-refractivity contribution in [1.82, 2.24) is 15.0 Å². The van der Waals surface area contributed by atoms with E-state index in [2.05, 4.69) is 35.6 Å².